The van der Waals surface area contributed by atoms with Crippen molar-refractivity contribution in [2.24, 2.45) is 9.98 Å². The number of benzene rings is 2. The first-order valence-electron chi connectivity index (χ1n) is 8.18. The van der Waals surface area contributed by atoms with Crippen LogP contribution in [-0.4, -0.2) is 28.8 Å². The number of alkyl halides is 3. The van der Waals surface area contributed by atoms with Gasteiger partial charge in [-0.15, -0.1) is 13.2 Å². The lowest BCUT2D eigenvalue weighted by atomic mass is 10.2. The SMILES string of the molecule is C=Nc1ccccc1/N=C(\C)CCc1nc2cc(OC(F)(F)F)ccc2[nH]1. The van der Waals surface area contributed by atoms with Gasteiger partial charge in [0.2, 0.25) is 0 Å². The number of hydrogen-bond donors (Lipinski definition) is 1. The number of aromatic nitrogens is 2. The Morgan fingerprint density at radius 1 is 1.19 bits per heavy atom. The van der Waals surface area contributed by atoms with E-state index in [4.69, 9.17) is 0 Å². The molecule has 0 saturated heterocycles. The van der Waals surface area contributed by atoms with E-state index in [-0.39, 0.29) is 5.75 Å². The predicted molar refractivity (Wildman–Crippen MR) is 99.5 cm³/mol. The number of aryl methyl sites for hydroxylation is 1. The smallest absolute Gasteiger partial charge is 0.406 e. The standard InChI is InChI=1S/C19H17F3N4O/c1-12(24-15-6-4-3-5-14(15)23-2)7-10-18-25-16-9-8-13(11-17(16)26-18)27-19(20,21)22/h3-6,8-9,11H,2,7,10H2,1H3,(H,25,26)/b24-12+. The first-order chi connectivity index (χ1) is 12.8. The summed E-state index contributed by atoms with van der Waals surface area (Å²) in [5, 5.41) is 0. The lowest BCUT2D eigenvalue weighted by molar-refractivity contribution is -0.274. The Kier molecular flexibility index (Phi) is 5.25. The Balaban J connectivity index is 1.71. The van der Waals surface area contributed by atoms with Gasteiger partial charge in [-0.2, -0.15) is 0 Å². The first kappa shape index (κ1) is 18.6. The summed E-state index contributed by atoms with van der Waals surface area (Å²) in [5.74, 6) is 0.373. The van der Waals surface area contributed by atoms with E-state index in [2.05, 4.69) is 31.4 Å². The minimum absolute atomic E-state index is 0.292. The zero-order chi connectivity index (χ0) is 19.4. The second-order valence-corrected chi connectivity index (χ2v) is 5.90. The first-order valence-corrected chi connectivity index (χ1v) is 8.18. The minimum Gasteiger partial charge on any atom is -0.406 e. The van der Waals surface area contributed by atoms with Gasteiger partial charge in [0.05, 0.1) is 22.4 Å². The number of hydrogen-bond acceptors (Lipinski definition) is 4. The predicted octanol–water partition coefficient (Wildman–Crippen LogP) is 5.52. The van der Waals surface area contributed by atoms with Crippen molar-refractivity contribution in [3.8, 4) is 5.75 Å². The van der Waals surface area contributed by atoms with Crippen LogP contribution in [0.5, 0.6) is 5.75 Å². The summed E-state index contributed by atoms with van der Waals surface area (Å²) in [6, 6.07) is 11.5. The van der Waals surface area contributed by atoms with Gasteiger partial charge >= 0.3 is 6.36 Å². The fraction of sp³-hybridized carbons (Fsp3) is 0.211. The number of imidazole rings is 1. The molecule has 1 heterocycles. The lowest BCUT2D eigenvalue weighted by Crippen LogP contribution is -2.16. The van der Waals surface area contributed by atoms with Crippen molar-refractivity contribution in [2.45, 2.75) is 26.1 Å². The van der Waals surface area contributed by atoms with Crippen LogP contribution >= 0.6 is 0 Å². The molecule has 0 atom stereocenters. The van der Waals surface area contributed by atoms with Gasteiger partial charge in [0.25, 0.3) is 0 Å². The maximum absolute atomic E-state index is 12.3. The lowest BCUT2D eigenvalue weighted by Gasteiger charge is -2.07. The average Bonchev–Trinajstić information content (AvgIpc) is 3.01. The van der Waals surface area contributed by atoms with E-state index >= 15 is 0 Å². The number of para-hydroxylation sites is 2. The van der Waals surface area contributed by atoms with E-state index < -0.39 is 6.36 Å². The fourth-order valence-corrected chi connectivity index (χ4v) is 2.61. The highest BCUT2D eigenvalue weighted by atomic mass is 19.4. The highest BCUT2D eigenvalue weighted by molar-refractivity contribution is 5.86. The largest absolute Gasteiger partial charge is 0.573 e. The maximum Gasteiger partial charge on any atom is 0.573 e. The van der Waals surface area contributed by atoms with Crippen molar-refractivity contribution in [1.82, 2.24) is 9.97 Å². The molecule has 0 aliphatic rings. The molecule has 2 aromatic carbocycles. The van der Waals surface area contributed by atoms with Gasteiger partial charge in [0, 0.05) is 18.2 Å². The van der Waals surface area contributed by atoms with E-state index in [0.29, 0.717) is 35.4 Å². The van der Waals surface area contributed by atoms with Crippen LogP contribution in [0.25, 0.3) is 11.0 Å². The van der Waals surface area contributed by atoms with E-state index in [1.54, 1.807) is 0 Å². The molecule has 5 nitrogen and oxygen atoms in total. The summed E-state index contributed by atoms with van der Waals surface area (Å²) in [5.41, 5.74) is 3.40. The highest BCUT2D eigenvalue weighted by Crippen LogP contribution is 2.28. The molecular formula is C19H17F3N4O. The Morgan fingerprint density at radius 2 is 1.93 bits per heavy atom. The fourth-order valence-electron chi connectivity index (χ4n) is 2.61. The van der Waals surface area contributed by atoms with Crippen LogP contribution in [0.3, 0.4) is 0 Å². The van der Waals surface area contributed by atoms with Crippen LogP contribution in [0.2, 0.25) is 0 Å². The summed E-state index contributed by atoms with van der Waals surface area (Å²) in [4.78, 5) is 15.9. The molecule has 0 spiro atoms. The number of H-pyrrole nitrogens is 1. The monoisotopic (exact) mass is 374 g/mol. The van der Waals surface area contributed by atoms with Crippen LogP contribution in [-0.2, 0) is 6.42 Å². The summed E-state index contributed by atoms with van der Waals surface area (Å²) in [6.45, 7) is 5.43. The van der Waals surface area contributed by atoms with Crippen LogP contribution in [0.15, 0.2) is 52.4 Å². The summed E-state index contributed by atoms with van der Waals surface area (Å²) < 4.78 is 40.9. The minimum atomic E-state index is -4.73. The van der Waals surface area contributed by atoms with Crippen molar-refractivity contribution in [2.75, 3.05) is 0 Å². The van der Waals surface area contributed by atoms with Crippen LogP contribution in [0.4, 0.5) is 24.5 Å². The van der Waals surface area contributed by atoms with Gasteiger partial charge < -0.3 is 9.72 Å². The molecule has 1 N–H and O–H groups in total. The molecule has 0 aliphatic heterocycles. The highest BCUT2D eigenvalue weighted by Gasteiger charge is 2.31. The summed E-state index contributed by atoms with van der Waals surface area (Å²) >= 11 is 0. The number of rotatable bonds is 6. The zero-order valence-corrected chi connectivity index (χ0v) is 14.5. The molecule has 0 unspecified atom stereocenters. The number of nitrogens with zero attached hydrogens (tertiary/aromatic N) is 3. The van der Waals surface area contributed by atoms with Crippen molar-refractivity contribution in [3.05, 3.63) is 48.3 Å². The molecule has 140 valence electrons. The number of fused-ring (bicyclic) bond motifs is 1. The van der Waals surface area contributed by atoms with Crippen molar-refractivity contribution >= 4 is 34.8 Å². The van der Waals surface area contributed by atoms with E-state index in [9.17, 15) is 13.2 Å². The number of aromatic amines is 1. The van der Waals surface area contributed by atoms with Gasteiger partial charge in [-0.1, -0.05) is 12.1 Å². The second kappa shape index (κ2) is 7.61. The van der Waals surface area contributed by atoms with E-state index in [1.807, 2.05) is 31.2 Å². The third-order valence-corrected chi connectivity index (χ3v) is 3.82. The molecule has 0 saturated carbocycles. The molecule has 27 heavy (non-hydrogen) atoms. The Labute approximate surface area is 153 Å². The van der Waals surface area contributed by atoms with Crippen molar-refractivity contribution < 1.29 is 17.9 Å². The van der Waals surface area contributed by atoms with Crippen molar-refractivity contribution in [1.29, 1.82) is 0 Å². The van der Waals surface area contributed by atoms with Crippen LogP contribution in [0, 0.1) is 0 Å². The number of halogens is 3. The molecular weight excluding hydrogens is 357 g/mol. The Morgan fingerprint density at radius 3 is 2.63 bits per heavy atom. The third kappa shape index (κ3) is 4.93. The zero-order valence-electron chi connectivity index (χ0n) is 14.5. The van der Waals surface area contributed by atoms with Crippen LogP contribution < -0.4 is 4.74 Å². The molecule has 1 aromatic heterocycles. The molecule has 3 rings (SSSR count). The average molecular weight is 374 g/mol. The van der Waals surface area contributed by atoms with Crippen LogP contribution in [0.1, 0.15) is 19.2 Å². The maximum atomic E-state index is 12.3. The third-order valence-electron chi connectivity index (χ3n) is 3.82. The van der Waals surface area contributed by atoms with Gasteiger partial charge in [0.15, 0.2) is 0 Å². The normalized spacial score (nSPS) is 12.4. The van der Waals surface area contributed by atoms with Gasteiger partial charge in [-0.25, -0.2) is 4.98 Å². The Bertz CT molecular complexity index is 992. The second-order valence-electron chi connectivity index (χ2n) is 5.90. The molecule has 0 aliphatic carbocycles. The molecule has 8 heteroatoms. The Hall–Kier alpha value is -3.16. The topological polar surface area (TPSA) is 62.6 Å². The molecule has 3 aromatic rings. The van der Waals surface area contributed by atoms with E-state index in [0.717, 1.165) is 11.4 Å². The summed E-state index contributed by atoms with van der Waals surface area (Å²) in [6.07, 6.45) is -3.52. The number of nitrogens with one attached hydrogen (secondary N) is 1. The van der Waals surface area contributed by atoms with E-state index in [1.165, 1.54) is 18.2 Å². The molecule has 0 bridgehead atoms. The number of aliphatic imine (C=N–C) groups is 2. The molecule has 0 amide bonds. The summed E-state index contributed by atoms with van der Waals surface area (Å²) in [7, 11) is 0. The van der Waals surface area contributed by atoms with Gasteiger partial charge in [0.1, 0.15) is 11.6 Å². The van der Waals surface area contributed by atoms with Gasteiger partial charge in [-0.05, 0) is 44.3 Å². The molecule has 0 fully saturated rings. The van der Waals surface area contributed by atoms with Gasteiger partial charge in [-0.3, -0.25) is 9.98 Å². The number of ether oxygens (including phenoxy) is 1. The van der Waals surface area contributed by atoms with Crippen molar-refractivity contribution in [3.63, 3.8) is 0 Å². The quantitative estimate of drug-likeness (QED) is 0.578. The molecule has 0 radical (unpaired) electrons.